The third-order valence-corrected chi connectivity index (χ3v) is 2.85. The predicted octanol–water partition coefficient (Wildman–Crippen LogP) is 2.26. The zero-order valence-corrected chi connectivity index (χ0v) is 8.75. The molecule has 0 unspecified atom stereocenters. The summed E-state index contributed by atoms with van der Waals surface area (Å²) in [7, 11) is 0. The zero-order chi connectivity index (χ0) is 9.80. The van der Waals surface area contributed by atoms with Crippen molar-refractivity contribution in [3.05, 3.63) is 17.8 Å². The first-order valence-electron chi connectivity index (χ1n) is 5.46. The molecule has 0 amide bonds. The van der Waals surface area contributed by atoms with Gasteiger partial charge in [0.2, 0.25) is 5.89 Å². The lowest BCUT2D eigenvalue weighted by atomic mass is 10.1. The summed E-state index contributed by atoms with van der Waals surface area (Å²) >= 11 is 0. The highest BCUT2D eigenvalue weighted by Gasteiger charge is 2.14. The van der Waals surface area contributed by atoms with E-state index in [0.29, 0.717) is 0 Å². The molecule has 1 fully saturated rings. The number of nitrogens with one attached hydrogen (secondary N) is 1. The smallest absolute Gasteiger partial charge is 0.208 e. The van der Waals surface area contributed by atoms with E-state index < -0.39 is 0 Å². The normalized spacial score (nSPS) is 17.8. The van der Waals surface area contributed by atoms with E-state index in [-0.39, 0.29) is 0 Å². The number of rotatable bonds is 4. The summed E-state index contributed by atoms with van der Waals surface area (Å²) in [6.07, 6.45) is 7.36. The van der Waals surface area contributed by atoms with E-state index in [2.05, 4.69) is 10.3 Å². The fourth-order valence-corrected chi connectivity index (χ4v) is 2.08. The summed E-state index contributed by atoms with van der Waals surface area (Å²) < 4.78 is 5.37. The first-order valence-corrected chi connectivity index (χ1v) is 5.46. The molecule has 3 nitrogen and oxygen atoms in total. The van der Waals surface area contributed by atoms with Gasteiger partial charge in [-0.2, -0.15) is 0 Å². The highest BCUT2D eigenvalue weighted by molar-refractivity contribution is 4.90. The Morgan fingerprint density at radius 3 is 2.93 bits per heavy atom. The third kappa shape index (κ3) is 2.58. The van der Waals surface area contributed by atoms with Crippen LogP contribution in [0.1, 0.15) is 37.3 Å². The number of hydrogen-bond acceptors (Lipinski definition) is 3. The lowest BCUT2D eigenvalue weighted by molar-refractivity contribution is 0.423. The van der Waals surface area contributed by atoms with E-state index in [4.69, 9.17) is 4.42 Å². The molecule has 0 aliphatic heterocycles. The molecule has 1 aliphatic rings. The Morgan fingerprint density at radius 1 is 1.50 bits per heavy atom. The molecule has 1 aromatic rings. The second-order valence-electron chi connectivity index (χ2n) is 4.15. The average molecular weight is 194 g/mol. The van der Waals surface area contributed by atoms with Gasteiger partial charge in [0, 0.05) is 0 Å². The fraction of sp³-hybridized carbons (Fsp3) is 0.727. The van der Waals surface area contributed by atoms with Gasteiger partial charge in [0.05, 0.1) is 12.7 Å². The van der Waals surface area contributed by atoms with Gasteiger partial charge in [-0.1, -0.05) is 12.8 Å². The van der Waals surface area contributed by atoms with Crippen LogP contribution in [0.5, 0.6) is 0 Å². The van der Waals surface area contributed by atoms with E-state index in [1.807, 2.05) is 6.92 Å². The minimum absolute atomic E-state index is 0.768. The summed E-state index contributed by atoms with van der Waals surface area (Å²) in [5.74, 6) is 2.58. The molecule has 1 saturated carbocycles. The van der Waals surface area contributed by atoms with Crippen LogP contribution in [0.2, 0.25) is 0 Å². The van der Waals surface area contributed by atoms with Gasteiger partial charge in [0.15, 0.2) is 0 Å². The van der Waals surface area contributed by atoms with Crippen LogP contribution in [0, 0.1) is 12.8 Å². The second kappa shape index (κ2) is 4.60. The van der Waals surface area contributed by atoms with Crippen molar-refractivity contribution in [2.24, 2.45) is 5.92 Å². The molecule has 1 heterocycles. The maximum absolute atomic E-state index is 5.37. The van der Waals surface area contributed by atoms with Crippen LogP contribution >= 0.6 is 0 Å². The molecular weight excluding hydrogens is 176 g/mol. The Hall–Kier alpha value is -0.830. The summed E-state index contributed by atoms with van der Waals surface area (Å²) in [6.45, 7) is 3.80. The van der Waals surface area contributed by atoms with Gasteiger partial charge in [0.25, 0.3) is 0 Å². The monoisotopic (exact) mass is 194 g/mol. The molecular formula is C11H18N2O. The van der Waals surface area contributed by atoms with Gasteiger partial charge in [-0.25, -0.2) is 4.98 Å². The Bertz CT molecular complexity index is 277. The molecule has 0 radical (unpaired) electrons. The average Bonchev–Trinajstić information content (AvgIpc) is 2.77. The van der Waals surface area contributed by atoms with E-state index >= 15 is 0 Å². The first-order chi connectivity index (χ1) is 6.84. The minimum Gasteiger partial charge on any atom is -0.445 e. The van der Waals surface area contributed by atoms with Crippen LogP contribution in [0.4, 0.5) is 0 Å². The van der Waals surface area contributed by atoms with Gasteiger partial charge in [-0.3, -0.25) is 0 Å². The lowest BCUT2D eigenvalue weighted by Gasteiger charge is -2.08. The van der Waals surface area contributed by atoms with Crippen molar-refractivity contribution in [3.8, 4) is 0 Å². The van der Waals surface area contributed by atoms with Crippen LogP contribution in [-0.2, 0) is 6.54 Å². The molecule has 1 aromatic heterocycles. The van der Waals surface area contributed by atoms with Gasteiger partial charge in [-0.05, 0) is 32.2 Å². The van der Waals surface area contributed by atoms with Gasteiger partial charge in [-0.15, -0.1) is 0 Å². The molecule has 3 heteroatoms. The number of hydrogen-bond donors (Lipinski definition) is 1. The molecule has 0 aromatic carbocycles. The lowest BCUT2D eigenvalue weighted by Crippen LogP contribution is -2.20. The molecule has 78 valence electrons. The Kier molecular flexibility index (Phi) is 3.19. The molecule has 2 rings (SSSR count). The van der Waals surface area contributed by atoms with Crippen molar-refractivity contribution >= 4 is 0 Å². The Labute approximate surface area is 84.9 Å². The van der Waals surface area contributed by atoms with E-state index in [1.54, 1.807) is 6.20 Å². The SMILES string of the molecule is Cc1cnc(CNCC2CCCC2)o1. The Balaban J connectivity index is 1.67. The topological polar surface area (TPSA) is 38.1 Å². The number of nitrogens with zero attached hydrogens (tertiary/aromatic N) is 1. The van der Waals surface area contributed by atoms with E-state index in [9.17, 15) is 0 Å². The highest BCUT2D eigenvalue weighted by Crippen LogP contribution is 2.23. The van der Waals surface area contributed by atoms with Crippen molar-refractivity contribution in [2.45, 2.75) is 39.2 Å². The molecule has 0 spiro atoms. The number of aromatic nitrogens is 1. The second-order valence-corrected chi connectivity index (χ2v) is 4.15. The molecule has 0 saturated heterocycles. The first kappa shape index (κ1) is 9.71. The molecule has 1 N–H and O–H groups in total. The molecule has 0 atom stereocenters. The van der Waals surface area contributed by atoms with Crippen LogP contribution in [-0.4, -0.2) is 11.5 Å². The summed E-state index contributed by atoms with van der Waals surface area (Å²) in [5, 5.41) is 3.40. The summed E-state index contributed by atoms with van der Waals surface area (Å²) in [6, 6.07) is 0. The van der Waals surface area contributed by atoms with Gasteiger partial charge in [0.1, 0.15) is 5.76 Å². The van der Waals surface area contributed by atoms with Crippen LogP contribution in [0.15, 0.2) is 10.6 Å². The standard InChI is InChI=1S/C11H18N2O/c1-9-6-13-11(14-9)8-12-7-10-4-2-3-5-10/h6,10,12H,2-5,7-8H2,1H3. The summed E-state index contributed by atoms with van der Waals surface area (Å²) in [5.41, 5.74) is 0. The van der Waals surface area contributed by atoms with Crippen LogP contribution in [0.25, 0.3) is 0 Å². The highest BCUT2D eigenvalue weighted by atomic mass is 16.4. The van der Waals surface area contributed by atoms with E-state index in [1.165, 1.54) is 25.7 Å². The van der Waals surface area contributed by atoms with Crippen molar-refractivity contribution in [3.63, 3.8) is 0 Å². The molecule has 1 aliphatic carbocycles. The fourth-order valence-electron chi connectivity index (χ4n) is 2.08. The quantitative estimate of drug-likeness (QED) is 0.799. The maximum Gasteiger partial charge on any atom is 0.208 e. The third-order valence-electron chi connectivity index (χ3n) is 2.85. The van der Waals surface area contributed by atoms with Crippen molar-refractivity contribution in [1.29, 1.82) is 0 Å². The number of aryl methyl sites for hydroxylation is 1. The summed E-state index contributed by atoms with van der Waals surface area (Å²) in [4.78, 5) is 4.15. The van der Waals surface area contributed by atoms with Crippen molar-refractivity contribution < 1.29 is 4.42 Å². The predicted molar refractivity (Wildman–Crippen MR) is 54.9 cm³/mol. The zero-order valence-electron chi connectivity index (χ0n) is 8.75. The number of oxazole rings is 1. The molecule has 0 bridgehead atoms. The van der Waals surface area contributed by atoms with Crippen LogP contribution in [0.3, 0.4) is 0 Å². The molecule has 14 heavy (non-hydrogen) atoms. The maximum atomic E-state index is 5.37. The van der Waals surface area contributed by atoms with Gasteiger partial charge >= 0.3 is 0 Å². The minimum atomic E-state index is 0.768. The Morgan fingerprint density at radius 2 is 2.29 bits per heavy atom. The van der Waals surface area contributed by atoms with Crippen molar-refractivity contribution in [2.75, 3.05) is 6.54 Å². The van der Waals surface area contributed by atoms with Crippen LogP contribution < -0.4 is 5.32 Å². The largest absolute Gasteiger partial charge is 0.445 e. The van der Waals surface area contributed by atoms with Gasteiger partial charge < -0.3 is 9.73 Å². The van der Waals surface area contributed by atoms with E-state index in [0.717, 1.165) is 30.7 Å². The van der Waals surface area contributed by atoms with Crippen molar-refractivity contribution in [1.82, 2.24) is 10.3 Å².